The van der Waals surface area contributed by atoms with Gasteiger partial charge >= 0.3 is 6.03 Å². The summed E-state index contributed by atoms with van der Waals surface area (Å²) in [5, 5.41) is 2.78. The standard InChI is InChI=1S/C23H29N3O4/c1-16-14-19(17(2)25(16)12-13-30-4)20(27)15-26-21(28)23(3,24-22(26)29)11-10-18-8-6-5-7-9-18/h5-9,14H,10-13,15H2,1-4H3,(H,24,29)/t23-/m1/s1. The van der Waals surface area contributed by atoms with Gasteiger partial charge in [-0.15, -0.1) is 0 Å². The second-order valence-corrected chi connectivity index (χ2v) is 7.99. The number of methoxy groups -OCH3 is 1. The van der Waals surface area contributed by atoms with Crippen LogP contribution in [0, 0.1) is 13.8 Å². The van der Waals surface area contributed by atoms with Gasteiger partial charge in [-0.3, -0.25) is 14.5 Å². The Bertz CT molecular complexity index is 951. The summed E-state index contributed by atoms with van der Waals surface area (Å²) in [6, 6.07) is 11.1. The van der Waals surface area contributed by atoms with Gasteiger partial charge in [0.25, 0.3) is 5.91 Å². The maximum absolute atomic E-state index is 13.0. The first-order valence-electron chi connectivity index (χ1n) is 10.1. The van der Waals surface area contributed by atoms with Gasteiger partial charge < -0.3 is 14.6 Å². The van der Waals surface area contributed by atoms with Crippen molar-refractivity contribution in [1.29, 1.82) is 0 Å². The fourth-order valence-corrected chi connectivity index (χ4v) is 3.94. The van der Waals surface area contributed by atoms with Crippen LogP contribution < -0.4 is 5.32 Å². The number of carbonyl (C=O) groups is 3. The van der Waals surface area contributed by atoms with Crippen molar-refractivity contribution >= 4 is 17.7 Å². The number of aromatic nitrogens is 1. The molecular weight excluding hydrogens is 382 g/mol. The fourth-order valence-electron chi connectivity index (χ4n) is 3.94. The molecule has 0 radical (unpaired) electrons. The van der Waals surface area contributed by atoms with Gasteiger partial charge in [0.15, 0.2) is 5.78 Å². The van der Waals surface area contributed by atoms with Gasteiger partial charge in [0.1, 0.15) is 5.54 Å². The van der Waals surface area contributed by atoms with Gasteiger partial charge in [0, 0.05) is 30.6 Å². The summed E-state index contributed by atoms with van der Waals surface area (Å²) in [5.74, 6) is -0.604. The Kier molecular flexibility index (Phi) is 6.41. The average molecular weight is 412 g/mol. The molecule has 0 unspecified atom stereocenters. The number of aryl methyl sites for hydroxylation is 2. The monoisotopic (exact) mass is 411 g/mol. The molecule has 1 aliphatic rings. The highest BCUT2D eigenvalue weighted by atomic mass is 16.5. The van der Waals surface area contributed by atoms with Gasteiger partial charge in [0.2, 0.25) is 0 Å². The predicted molar refractivity (Wildman–Crippen MR) is 114 cm³/mol. The molecule has 3 amide bonds. The third kappa shape index (κ3) is 4.31. The SMILES string of the molecule is COCCn1c(C)cc(C(=O)CN2C(=O)N[C@](C)(CCc3ccccc3)C2=O)c1C. The van der Waals surface area contributed by atoms with Crippen molar-refractivity contribution in [3.63, 3.8) is 0 Å². The van der Waals surface area contributed by atoms with Crippen molar-refractivity contribution in [2.75, 3.05) is 20.3 Å². The molecule has 1 aromatic heterocycles. The van der Waals surface area contributed by atoms with Gasteiger partial charge in [0.05, 0.1) is 13.2 Å². The molecule has 1 atom stereocenters. The van der Waals surface area contributed by atoms with E-state index in [0.29, 0.717) is 31.6 Å². The van der Waals surface area contributed by atoms with Crippen molar-refractivity contribution in [1.82, 2.24) is 14.8 Å². The Labute approximate surface area is 177 Å². The van der Waals surface area contributed by atoms with Crippen molar-refractivity contribution in [3.05, 3.63) is 58.9 Å². The summed E-state index contributed by atoms with van der Waals surface area (Å²) in [5.41, 5.74) is 2.37. The number of nitrogens with one attached hydrogen (secondary N) is 1. The van der Waals surface area contributed by atoms with Crippen LogP contribution in [0.2, 0.25) is 0 Å². The van der Waals surface area contributed by atoms with E-state index in [0.717, 1.165) is 21.9 Å². The van der Waals surface area contributed by atoms with Crippen LogP contribution in [-0.2, 0) is 22.5 Å². The zero-order valence-electron chi connectivity index (χ0n) is 18.0. The second kappa shape index (κ2) is 8.83. The first kappa shape index (κ1) is 21.8. The van der Waals surface area contributed by atoms with Crippen molar-refractivity contribution in [2.24, 2.45) is 0 Å². The van der Waals surface area contributed by atoms with Gasteiger partial charge in [-0.05, 0) is 45.2 Å². The van der Waals surface area contributed by atoms with Crippen LogP contribution in [0.5, 0.6) is 0 Å². The number of imide groups is 1. The number of hydrogen-bond donors (Lipinski definition) is 1. The fraction of sp³-hybridized carbons (Fsp3) is 0.435. The molecular formula is C23H29N3O4. The Balaban J connectivity index is 1.70. The summed E-state index contributed by atoms with van der Waals surface area (Å²) in [6.45, 7) is 6.43. The molecule has 0 saturated carbocycles. The Morgan fingerprint density at radius 2 is 1.87 bits per heavy atom. The maximum Gasteiger partial charge on any atom is 0.325 e. The third-order valence-electron chi connectivity index (χ3n) is 5.80. The number of carbonyl (C=O) groups excluding carboxylic acids is 3. The number of ketones is 1. The number of benzene rings is 1. The van der Waals surface area contributed by atoms with Crippen LogP contribution >= 0.6 is 0 Å². The Hall–Kier alpha value is -2.93. The molecule has 3 rings (SSSR count). The highest BCUT2D eigenvalue weighted by Gasteiger charge is 2.47. The van der Waals surface area contributed by atoms with Crippen molar-refractivity contribution in [2.45, 2.75) is 45.7 Å². The number of amides is 3. The summed E-state index contributed by atoms with van der Waals surface area (Å²) in [6.07, 6.45) is 1.13. The summed E-state index contributed by atoms with van der Waals surface area (Å²) in [4.78, 5) is 39.4. The molecule has 1 saturated heterocycles. The lowest BCUT2D eigenvalue weighted by molar-refractivity contribution is -0.130. The van der Waals surface area contributed by atoms with Crippen LogP contribution in [0.25, 0.3) is 0 Å². The molecule has 2 heterocycles. The van der Waals surface area contributed by atoms with Crippen LogP contribution in [0.15, 0.2) is 36.4 Å². The second-order valence-electron chi connectivity index (χ2n) is 7.99. The lowest BCUT2D eigenvalue weighted by Gasteiger charge is -2.21. The molecule has 1 aliphatic heterocycles. The van der Waals surface area contributed by atoms with Gasteiger partial charge in [-0.2, -0.15) is 0 Å². The molecule has 0 aliphatic carbocycles. The summed E-state index contributed by atoms with van der Waals surface area (Å²) >= 11 is 0. The number of nitrogens with zero attached hydrogens (tertiary/aromatic N) is 2. The first-order chi connectivity index (χ1) is 14.3. The van der Waals surface area contributed by atoms with E-state index in [1.54, 1.807) is 20.1 Å². The molecule has 7 nitrogen and oxygen atoms in total. The molecule has 2 aromatic rings. The number of urea groups is 1. The van der Waals surface area contributed by atoms with Crippen LogP contribution in [0.1, 0.15) is 40.7 Å². The predicted octanol–water partition coefficient (Wildman–Crippen LogP) is 2.88. The van der Waals surface area contributed by atoms with E-state index in [1.165, 1.54) is 0 Å². The lowest BCUT2D eigenvalue weighted by atomic mass is 9.93. The quantitative estimate of drug-likeness (QED) is 0.508. The third-order valence-corrected chi connectivity index (χ3v) is 5.80. The molecule has 160 valence electrons. The summed E-state index contributed by atoms with van der Waals surface area (Å²) < 4.78 is 7.13. The van der Waals surface area contributed by atoms with Crippen molar-refractivity contribution in [3.8, 4) is 0 Å². The molecule has 7 heteroatoms. The van der Waals surface area contributed by atoms with Crippen molar-refractivity contribution < 1.29 is 19.1 Å². The highest BCUT2D eigenvalue weighted by molar-refractivity contribution is 6.11. The first-order valence-corrected chi connectivity index (χ1v) is 10.1. The van der Waals surface area contributed by atoms with E-state index < -0.39 is 11.6 Å². The minimum atomic E-state index is -1.01. The van der Waals surface area contributed by atoms with E-state index in [2.05, 4.69) is 5.32 Å². The van der Waals surface area contributed by atoms with Gasteiger partial charge in [-0.25, -0.2) is 4.79 Å². The summed E-state index contributed by atoms with van der Waals surface area (Å²) in [7, 11) is 1.63. The van der Waals surface area contributed by atoms with E-state index >= 15 is 0 Å². The van der Waals surface area contributed by atoms with E-state index in [9.17, 15) is 14.4 Å². The lowest BCUT2D eigenvalue weighted by Crippen LogP contribution is -2.44. The number of ether oxygens (including phenoxy) is 1. The Morgan fingerprint density at radius 3 is 2.53 bits per heavy atom. The molecule has 0 bridgehead atoms. The molecule has 0 spiro atoms. The number of hydrogen-bond acceptors (Lipinski definition) is 4. The zero-order valence-corrected chi connectivity index (χ0v) is 18.0. The molecule has 30 heavy (non-hydrogen) atoms. The topological polar surface area (TPSA) is 80.6 Å². The molecule has 1 N–H and O–H groups in total. The molecule has 1 aromatic carbocycles. The molecule has 1 fully saturated rings. The Morgan fingerprint density at radius 1 is 1.17 bits per heavy atom. The smallest absolute Gasteiger partial charge is 0.325 e. The number of rotatable bonds is 9. The average Bonchev–Trinajstić information content (AvgIpc) is 3.13. The van der Waals surface area contributed by atoms with Crippen LogP contribution in [0.3, 0.4) is 0 Å². The van der Waals surface area contributed by atoms with E-state index in [-0.39, 0.29) is 18.2 Å². The van der Waals surface area contributed by atoms with Gasteiger partial charge in [-0.1, -0.05) is 30.3 Å². The van der Waals surface area contributed by atoms with E-state index in [1.807, 2.05) is 48.7 Å². The highest BCUT2D eigenvalue weighted by Crippen LogP contribution is 2.24. The van der Waals surface area contributed by atoms with E-state index in [4.69, 9.17) is 4.74 Å². The maximum atomic E-state index is 13.0. The van der Waals surface area contributed by atoms with Crippen LogP contribution in [0.4, 0.5) is 4.79 Å². The minimum Gasteiger partial charge on any atom is -0.383 e. The largest absolute Gasteiger partial charge is 0.383 e. The normalized spacial score (nSPS) is 18.7. The van der Waals surface area contributed by atoms with Crippen LogP contribution in [-0.4, -0.2) is 53.0 Å². The zero-order chi connectivity index (χ0) is 21.9. The minimum absolute atomic E-state index is 0.248. The number of Topliss-reactive ketones (excluding diaryl/α,β-unsaturated/α-hetero) is 1.